The summed E-state index contributed by atoms with van der Waals surface area (Å²) in [5.74, 6) is 0. The molecule has 0 aromatic rings. The largest absolute Gasteiger partial charge is 0.474 e. The van der Waals surface area contributed by atoms with Crippen LogP contribution in [0.15, 0.2) is 25.7 Å². The standard InChI is InChI=1S/C4H6O.H2O5S2/c1-3-5-4-2;1-6(2)7(3,4)5/h3-4H,1-2H2;(H,1,2)(H,3,4,5). The monoisotopic (exact) mass is 216 g/mol. The normalized spacial score (nSPS) is 11.8. The molecule has 0 saturated heterocycles. The second kappa shape index (κ2) is 6.98. The number of ether oxygens (including phenoxy) is 1. The van der Waals surface area contributed by atoms with E-state index in [0.717, 1.165) is 0 Å². The summed E-state index contributed by atoms with van der Waals surface area (Å²) in [6.45, 7) is 6.51. The van der Waals surface area contributed by atoms with Gasteiger partial charge in [-0.05, 0) is 0 Å². The van der Waals surface area contributed by atoms with E-state index in [9.17, 15) is 12.6 Å². The van der Waals surface area contributed by atoms with Crippen molar-refractivity contribution in [3.05, 3.63) is 25.7 Å². The molecule has 0 rings (SSSR count). The maximum absolute atomic E-state index is 9.34. The third-order valence-electron chi connectivity index (χ3n) is 0.373. The minimum atomic E-state index is -4.71. The molecule has 8 heteroatoms. The summed E-state index contributed by atoms with van der Waals surface area (Å²) in [6, 6.07) is 0. The first-order valence-corrected chi connectivity index (χ1v) is 5.38. The molecule has 0 amide bonds. The van der Waals surface area contributed by atoms with Crippen molar-refractivity contribution in [2.75, 3.05) is 0 Å². The van der Waals surface area contributed by atoms with Crippen molar-refractivity contribution in [3.8, 4) is 0 Å². The van der Waals surface area contributed by atoms with E-state index in [4.69, 9.17) is 9.11 Å². The molecular formula is C4H8O6S2. The van der Waals surface area contributed by atoms with Crippen LogP contribution in [0, 0.1) is 0 Å². The fraction of sp³-hybridized carbons (Fsp3) is 0. The average molecular weight is 216 g/mol. The van der Waals surface area contributed by atoms with Crippen molar-refractivity contribution in [2.45, 2.75) is 0 Å². The van der Waals surface area contributed by atoms with Gasteiger partial charge in [-0.15, -0.1) is 0 Å². The van der Waals surface area contributed by atoms with Crippen LogP contribution in [0.2, 0.25) is 0 Å². The molecule has 0 aliphatic rings. The molecule has 0 aliphatic carbocycles. The van der Waals surface area contributed by atoms with Crippen LogP contribution >= 0.6 is 0 Å². The topological polar surface area (TPSA) is 101 Å². The van der Waals surface area contributed by atoms with Crippen LogP contribution in [0.5, 0.6) is 0 Å². The Kier molecular flexibility index (Phi) is 8.06. The van der Waals surface area contributed by atoms with Crippen LogP contribution in [-0.2, 0) is 24.0 Å². The van der Waals surface area contributed by atoms with Gasteiger partial charge < -0.3 is 4.74 Å². The van der Waals surface area contributed by atoms with E-state index in [1.54, 1.807) is 0 Å². The number of hydrogen-bond acceptors (Lipinski definition) is 4. The lowest BCUT2D eigenvalue weighted by Crippen LogP contribution is -2.03. The van der Waals surface area contributed by atoms with Gasteiger partial charge in [0.25, 0.3) is 0 Å². The zero-order valence-electron chi connectivity index (χ0n) is 5.91. The van der Waals surface area contributed by atoms with Gasteiger partial charge in [0.1, 0.15) is 0 Å². The summed E-state index contributed by atoms with van der Waals surface area (Å²) in [4.78, 5) is 0. The van der Waals surface area contributed by atoms with Crippen LogP contribution in [0.25, 0.3) is 0 Å². The van der Waals surface area contributed by atoms with Crippen LogP contribution in [0.3, 0.4) is 0 Å². The fourth-order valence-electron chi connectivity index (χ4n) is 0.0680. The Morgan fingerprint density at radius 2 is 1.58 bits per heavy atom. The van der Waals surface area contributed by atoms with Crippen molar-refractivity contribution >= 4 is 19.3 Å². The van der Waals surface area contributed by atoms with Crippen molar-refractivity contribution in [1.82, 2.24) is 0 Å². The molecule has 6 nitrogen and oxygen atoms in total. The average Bonchev–Trinajstić information content (AvgIpc) is 1.88. The maximum Gasteiger partial charge on any atom is 0.373 e. The van der Waals surface area contributed by atoms with Gasteiger partial charge in [-0.3, -0.25) is 9.11 Å². The third kappa shape index (κ3) is 12.0. The Morgan fingerprint density at radius 1 is 1.33 bits per heavy atom. The summed E-state index contributed by atoms with van der Waals surface area (Å²) >= 11 is 0. The van der Waals surface area contributed by atoms with E-state index in [0.29, 0.717) is 0 Å². The summed E-state index contributed by atoms with van der Waals surface area (Å²) in [5, 5.41) is 0. The Labute approximate surface area is 72.0 Å². The minimum Gasteiger partial charge on any atom is -0.474 e. The van der Waals surface area contributed by atoms with Crippen molar-refractivity contribution < 1.29 is 26.5 Å². The van der Waals surface area contributed by atoms with Gasteiger partial charge in [0.05, 0.1) is 12.5 Å². The van der Waals surface area contributed by atoms with E-state index in [2.05, 4.69) is 17.9 Å². The Balaban J connectivity index is 0. The van der Waals surface area contributed by atoms with Gasteiger partial charge >= 0.3 is 19.3 Å². The van der Waals surface area contributed by atoms with Gasteiger partial charge in [-0.1, -0.05) is 13.2 Å². The molecule has 0 aliphatic heterocycles. The summed E-state index contributed by atoms with van der Waals surface area (Å²) < 4.78 is 47.4. The third-order valence-corrected chi connectivity index (χ3v) is 1.81. The van der Waals surface area contributed by atoms with E-state index in [-0.39, 0.29) is 0 Å². The summed E-state index contributed by atoms with van der Waals surface area (Å²) in [7, 11) is -7.87. The highest BCUT2D eigenvalue weighted by Crippen LogP contribution is 1.83. The molecule has 0 aromatic carbocycles. The molecule has 0 fully saturated rings. The van der Waals surface area contributed by atoms with Gasteiger partial charge in [0, 0.05) is 0 Å². The zero-order chi connectivity index (χ0) is 10.2. The van der Waals surface area contributed by atoms with E-state index in [1.807, 2.05) is 0 Å². The Hall–Kier alpha value is -0.700. The first-order chi connectivity index (χ1) is 5.36. The highest BCUT2D eigenvalue weighted by atomic mass is 33.2. The van der Waals surface area contributed by atoms with Gasteiger partial charge in [0.15, 0.2) is 0 Å². The predicted octanol–water partition coefficient (Wildman–Crippen LogP) is 0.301. The first kappa shape index (κ1) is 13.9. The Morgan fingerprint density at radius 3 is 1.58 bits per heavy atom. The molecule has 1 unspecified atom stereocenters. The number of rotatable bonds is 3. The van der Waals surface area contributed by atoms with Crippen LogP contribution < -0.4 is 0 Å². The minimum absolute atomic E-state index is 1.31. The second-order valence-electron chi connectivity index (χ2n) is 1.11. The molecule has 0 saturated carbocycles. The van der Waals surface area contributed by atoms with E-state index in [1.165, 1.54) is 12.5 Å². The quantitative estimate of drug-likeness (QED) is 0.304. The lowest BCUT2D eigenvalue weighted by molar-refractivity contribution is 0.406. The van der Waals surface area contributed by atoms with E-state index >= 15 is 0 Å². The van der Waals surface area contributed by atoms with Crippen LogP contribution in [-0.4, -0.2) is 21.7 Å². The van der Waals surface area contributed by atoms with E-state index < -0.39 is 19.3 Å². The van der Waals surface area contributed by atoms with Crippen LogP contribution in [0.1, 0.15) is 0 Å². The fourth-order valence-corrected chi connectivity index (χ4v) is 0.0680. The molecular weight excluding hydrogens is 208 g/mol. The molecule has 0 radical (unpaired) electrons. The number of hydrogen-bond donors (Lipinski definition) is 2. The molecule has 2 N–H and O–H groups in total. The lowest BCUT2D eigenvalue weighted by atomic mass is 11.1. The summed E-state index contributed by atoms with van der Waals surface area (Å²) in [5.41, 5.74) is 0. The highest BCUT2D eigenvalue weighted by Gasteiger charge is 2.10. The smallest absolute Gasteiger partial charge is 0.373 e. The highest BCUT2D eigenvalue weighted by molar-refractivity contribution is 8.59. The predicted molar refractivity (Wildman–Crippen MR) is 43.8 cm³/mol. The van der Waals surface area contributed by atoms with Crippen molar-refractivity contribution in [2.24, 2.45) is 0 Å². The molecule has 0 spiro atoms. The molecule has 1 atom stereocenters. The molecule has 12 heavy (non-hydrogen) atoms. The van der Waals surface area contributed by atoms with Crippen molar-refractivity contribution in [3.63, 3.8) is 0 Å². The summed E-state index contributed by atoms with van der Waals surface area (Å²) in [6.07, 6.45) is 2.62. The van der Waals surface area contributed by atoms with Crippen LogP contribution in [0.4, 0.5) is 0 Å². The SMILES string of the molecule is C=COC=C.O=S(O)S(=O)(=O)O. The molecule has 0 aromatic heterocycles. The lowest BCUT2D eigenvalue weighted by Gasteiger charge is -1.80. The maximum atomic E-state index is 9.34. The zero-order valence-corrected chi connectivity index (χ0v) is 7.55. The van der Waals surface area contributed by atoms with Gasteiger partial charge in [0.2, 0.25) is 0 Å². The second-order valence-corrected chi connectivity index (χ2v) is 4.52. The molecule has 0 bridgehead atoms. The van der Waals surface area contributed by atoms with Crippen molar-refractivity contribution in [1.29, 1.82) is 0 Å². The van der Waals surface area contributed by atoms with Gasteiger partial charge in [-0.2, -0.15) is 8.42 Å². The van der Waals surface area contributed by atoms with Gasteiger partial charge in [-0.25, -0.2) is 4.21 Å². The first-order valence-electron chi connectivity index (χ1n) is 2.32. The molecule has 72 valence electrons. The Bertz CT molecular complexity index is 247. The molecule has 0 heterocycles.